The lowest BCUT2D eigenvalue weighted by Crippen LogP contribution is -2.26. The summed E-state index contributed by atoms with van der Waals surface area (Å²) in [7, 11) is 0. The largest absolute Gasteiger partial charge is 0.352 e. The molecule has 2 aromatic heterocycles. The van der Waals surface area contributed by atoms with E-state index in [-0.39, 0.29) is 5.91 Å². The van der Waals surface area contributed by atoms with Crippen LogP contribution in [0.15, 0.2) is 54.2 Å². The molecule has 0 fully saturated rings. The van der Waals surface area contributed by atoms with Crippen LogP contribution in [0.25, 0.3) is 0 Å². The van der Waals surface area contributed by atoms with Gasteiger partial charge in [-0.25, -0.2) is 4.98 Å². The number of benzene rings is 1. The molecule has 1 amide bonds. The summed E-state index contributed by atoms with van der Waals surface area (Å²) in [4.78, 5) is 18.1. The van der Waals surface area contributed by atoms with Crippen LogP contribution in [-0.2, 0) is 19.4 Å². The van der Waals surface area contributed by atoms with Crippen molar-refractivity contribution in [3.8, 4) is 0 Å². The molecule has 130 valence electrons. The van der Waals surface area contributed by atoms with Crippen molar-refractivity contribution < 1.29 is 4.79 Å². The second-order valence-electron chi connectivity index (χ2n) is 5.91. The number of thiophene rings is 1. The average Bonchev–Trinajstić information content (AvgIpc) is 3.30. The van der Waals surface area contributed by atoms with Crippen molar-refractivity contribution in [2.45, 2.75) is 32.7 Å². The van der Waals surface area contributed by atoms with Crippen LogP contribution in [0.1, 0.15) is 40.0 Å². The van der Waals surface area contributed by atoms with Gasteiger partial charge in [0.2, 0.25) is 0 Å². The summed E-state index contributed by atoms with van der Waals surface area (Å²) in [5.41, 5.74) is 1.85. The number of aromatic nitrogens is 2. The van der Waals surface area contributed by atoms with Gasteiger partial charge in [-0.3, -0.25) is 4.79 Å². The molecular formula is C20H23N3OS. The van der Waals surface area contributed by atoms with Crippen molar-refractivity contribution in [3.05, 3.63) is 76.0 Å². The minimum absolute atomic E-state index is 0.00787. The first kappa shape index (κ1) is 17.4. The van der Waals surface area contributed by atoms with Crippen LogP contribution in [-0.4, -0.2) is 22.0 Å². The average molecular weight is 353 g/mol. The summed E-state index contributed by atoms with van der Waals surface area (Å²) in [6, 6.07) is 12.0. The number of carbonyl (C=O) groups excluding carboxylic acids is 1. The third kappa shape index (κ3) is 4.57. The zero-order chi connectivity index (χ0) is 17.5. The predicted octanol–water partition coefficient (Wildman–Crippen LogP) is 3.92. The van der Waals surface area contributed by atoms with Gasteiger partial charge < -0.3 is 9.88 Å². The van der Waals surface area contributed by atoms with Crippen LogP contribution in [0.2, 0.25) is 0 Å². The Hall–Kier alpha value is -2.40. The minimum Gasteiger partial charge on any atom is -0.352 e. The molecule has 5 heteroatoms. The van der Waals surface area contributed by atoms with Gasteiger partial charge in [0, 0.05) is 48.8 Å². The summed E-state index contributed by atoms with van der Waals surface area (Å²) in [6.07, 6.45) is 6.45. The van der Waals surface area contributed by atoms with Gasteiger partial charge in [-0.1, -0.05) is 31.2 Å². The number of rotatable bonds is 8. The van der Waals surface area contributed by atoms with Crippen molar-refractivity contribution in [2.75, 3.05) is 6.54 Å². The standard InChI is InChI=1S/C20H23N3OS/c1-2-19-21-11-13-23(19)12-6-10-22-20(24)18-9-4-3-7-16(18)15-17-8-5-14-25-17/h3-5,7-9,11,13-14H,2,6,10,12,15H2,1H3,(H,22,24). The fraction of sp³-hybridized carbons (Fsp3) is 0.300. The van der Waals surface area contributed by atoms with E-state index in [2.05, 4.69) is 33.2 Å². The number of hydrogen-bond donors (Lipinski definition) is 1. The number of hydrogen-bond acceptors (Lipinski definition) is 3. The summed E-state index contributed by atoms with van der Waals surface area (Å²) < 4.78 is 2.15. The smallest absolute Gasteiger partial charge is 0.251 e. The molecule has 1 aromatic carbocycles. The molecular weight excluding hydrogens is 330 g/mol. The fourth-order valence-corrected chi connectivity index (χ4v) is 3.63. The van der Waals surface area contributed by atoms with Gasteiger partial charge in [0.1, 0.15) is 5.82 Å². The summed E-state index contributed by atoms with van der Waals surface area (Å²) >= 11 is 1.72. The summed E-state index contributed by atoms with van der Waals surface area (Å²) in [6.45, 7) is 3.64. The first-order valence-electron chi connectivity index (χ1n) is 8.66. The second kappa shape index (κ2) is 8.62. The lowest BCUT2D eigenvalue weighted by Gasteiger charge is -2.10. The van der Waals surface area contributed by atoms with Gasteiger partial charge >= 0.3 is 0 Å². The Morgan fingerprint density at radius 3 is 2.92 bits per heavy atom. The van der Waals surface area contributed by atoms with E-state index in [1.165, 1.54) is 4.88 Å². The van der Waals surface area contributed by atoms with Gasteiger partial charge in [0.15, 0.2) is 0 Å². The van der Waals surface area contributed by atoms with Gasteiger partial charge in [-0.05, 0) is 29.5 Å². The van der Waals surface area contributed by atoms with Crippen molar-refractivity contribution in [1.29, 1.82) is 0 Å². The highest BCUT2D eigenvalue weighted by molar-refractivity contribution is 7.09. The van der Waals surface area contributed by atoms with Gasteiger partial charge in [0.05, 0.1) is 0 Å². The van der Waals surface area contributed by atoms with Crippen LogP contribution in [0.3, 0.4) is 0 Å². The SMILES string of the molecule is CCc1nccn1CCCNC(=O)c1ccccc1Cc1cccs1. The second-order valence-corrected chi connectivity index (χ2v) is 6.95. The van der Waals surface area contributed by atoms with Crippen molar-refractivity contribution in [1.82, 2.24) is 14.9 Å². The van der Waals surface area contributed by atoms with Crippen LogP contribution < -0.4 is 5.32 Å². The molecule has 0 spiro atoms. The molecule has 25 heavy (non-hydrogen) atoms. The molecule has 0 aliphatic rings. The Labute approximate surface area is 152 Å². The quantitative estimate of drug-likeness (QED) is 0.624. The molecule has 0 saturated heterocycles. The Morgan fingerprint density at radius 2 is 2.12 bits per heavy atom. The molecule has 0 unspecified atom stereocenters. The van der Waals surface area contributed by atoms with Crippen molar-refractivity contribution >= 4 is 17.2 Å². The first-order valence-corrected chi connectivity index (χ1v) is 9.54. The predicted molar refractivity (Wildman–Crippen MR) is 102 cm³/mol. The molecule has 0 bridgehead atoms. The fourth-order valence-electron chi connectivity index (χ4n) is 2.90. The lowest BCUT2D eigenvalue weighted by atomic mass is 10.0. The van der Waals surface area contributed by atoms with E-state index in [0.29, 0.717) is 6.54 Å². The molecule has 4 nitrogen and oxygen atoms in total. The van der Waals surface area contributed by atoms with Gasteiger partial charge in [0.25, 0.3) is 5.91 Å². The molecule has 3 aromatic rings. The normalized spacial score (nSPS) is 10.8. The van der Waals surface area contributed by atoms with Crippen molar-refractivity contribution in [2.24, 2.45) is 0 Å². The number of nitrogens with zero attached hydrogens (tertiary/aromatic N) is 2. The van der Waals surface area contributed by atoms with Crippen LogP contribution >= 0.6 is 11.3 Å². The Bertz CT molecular complexity index is 808. The van der Waals surface area contributed by atoms with E-state index in [1.54, 1.807) is 11.3 Å². The van der Waals surface area contributed by atoms with Crippen LogP contribution in [0.5, 0.6) is 0 Å². The van der Waals surface area contributed by atoms with E-state index >= 15 is 0 Å². The Balaban J connectivity index is 1.54. The molecule has 0 atom stereocenters. The highest BCUT2D eigenvalue weighted by Gasteiger charge is 2.11. The Kier molecular flexibility index (Phi) is 6.01. The summed E-state index contributed by atoms with van der Waals surface area (Å²) in [5, 5.41) is 5.12. The molecule has 0 radical (unpaired) electrons. The van der Waals surface area contributed by atoms with E-state index in [0.717, 1.165) is 42.8 Å². The zero-order valence-electron chi connectivity index (χ0n) is 14.4. The van der Waals surface area contributed by atoms with Crippen LogP contribution in [0, 0.1) is 0 Å². The highest BCUT2D eigenvalue weighted by atomic mass is 32.1. The maximum atomic E-state index is 12.6. The van der Waals surface area contributed by atoms with E-state index in [1.807, 2.05) is 42.7 Å². The van der Waals surface area contributed by atoms with E-state index in [4.69, 9.17) is 0 Å². The topological polar surface area (TPSA) is 46.9 Å². The molecule has 2 heterocycles. The molecule has 0 aliphatic carbocycles. The molecule has 1 N–H and O–H groups in total. The monoisotopic (exact) mass is 353 g/mol. The number of nitrogens with one attached hydrogen (secondary N) is 1. The van der Waals surface area contributed by atoms with E-state index in [9.17, 15) is 4.79 Å². The lowest BCUT2D eigenvalue weighted by molar-refractivity contribution is 0.0952. The summed E-state index contributed by atoms with van der Waals surface area (Å²) in [5.74, 6) is 1.10. The number of imidazole rings is 1. The third-order valence-electron chi connectivity index (χ3n) is 4.19. The van der Waals surface area contributed by atoms with E-state index < -0.39 is 0 Å². The highest BCUT2D eigenvalue weighted by Crippen LogP contribution is 2.18. The van der Waals surface area contributed by atoms with Gasteiger partial charge in [-0.15, -0.1) is 11.3 Å². The molecule has 0 aliphatic heterocycles. The van der Waals surface area contributed by atoms with Crippen LogP contribution in [0.4, 0.5) is 0 Å². The zero-order valence-corrected chi connectivity index (χ0v) is 15.3. The minimum atomic E-state index is 0.00787. The number of amides is 1. The third-order valence-corrected chi connectivity index (χ3v) is 5.06. The Morgan fingerprint density at radius 1 is 1.24 bits per heavy atom. The van der Waals surface area contributed by atoms with Gasteiger partial charge in [-0.2, -0.15) is 0 Å². The maximum Gasteiger partial charge on any atom is 0.251 e. The first-order chi connectivity index (χ1) is 12.3. The molecule has 0 saturated carbocycles. The molecule has 3 rings (SSSR count). The van der Waals surface area contributed by atoms with Crippen molar-refractivity contribution in [3.63, 3.8) is 0 Å². The number of carbonyl (C=O) groups is 1. The maximum absolute atomic E-state index is 12.6. The number of aryl methyl sites for hydroxylation is 2.